The first kappa shape index (κ1) is 25.1. The summed E-state index contributed by atoms with van der Waals surface area (Å²) in [4.78, 5) is 29.2. The van der Waals surface area contributed by atoms with Gasteiger partial charge in [-0.25, -0.2) is 4.79 Å². The van der Waals surface area contributed by atoms with Crippen LogP contribution >= 0.6 is 0 Å². The summed E-state index contributed by atoms with van der Waals surface area (Å²) in [5, 5.41) is 0. The molecule has 0 bridgehead atoms. The third-order valence-corrected chi connectivity index (χ3v) is 5.53. The van der Waals surface area contributed by atoms with Crippen molar-refractivity contribution in [1.82, 2.24) is 9.80 Å². The van der Waals surface area contributed by atoms with Gasteiger partial charge >= 0.3 is 12.1 Å². The molecule has 1 unspecified atom stereocenters. The van der Waals surface area contributed by atoms with Gasteiger partial charge in [-0.1, -0.05) is 44.2 Å². The van der Waals surface area contributed by atoms with E-state index in [0.717, 1.165) is 12.0 Å². The van der Waals surface area contributed by atoms with E-state index in [1.807, 2.05) is 63.2 Å². The molecular weight excluding hydrogens is 396 g/mol. The van der Waals surface area contributed by atoms with Gasteiger partial charge in [-0.15, -0.1) is 0 Å². The summed E-state index contributed by atoms with van der Waals surface area (Å²) in [7, 11) is 3.70. The van der Waals surface area contributed by atoms with E-state index in [-0.39, 0.29) is 24.7 Å². The van der Waals surface area contributed by atoms with Crippen LogP contribution in [-0.2, 0) is 25.6 Å². The van der Waals surface area contributed by atoms with E-state index in [0.29, 0.717) is 18.9 Å². The number of carbonyl (C=O) groups excluding carboxylic acids is 2. The minimum atomic E-state index is -0.844. The number of amides is 1. The minimum Gasteiger partial charge on any atom is -0.465 e. The van der Waals surface area contributed by atoms with Crippen LogP contribution in [0.1, 0.15) is 53.0 Å². The largest absolute Gasteiger partial charge is 0.465 e. The Balaban J connectivity index is 2.21. The van der Waals surface area contributed by atoms with Gasteiger partial charge in [-0.2, -0.15) is 0 Å². The normalized spacial score (nSPS) is 21.4. The second kappa shape index (κ2) is 11.0. The van der Waals surface area contributed by atoms with Gasteiger partial charge in [0.05, 0.1) is 18.8 Å². The SMILES string of the molecule is CCOC(=O)C(C[C@@H]1OC(C)(C)N(C(=O)OCc2ccccc2)[C@H]1CC(C)C)N(C)C. The van der Waals surface area contributed by atoms with Gasteiger partial charge in [-0.05, 0) is 52.8 Å². The van der Waals surface area contributed by atoms with Gasteiger partial charge in [0, 0.05) is 6.42 Å². The minimum absolute atomic E-state index is 0.199. The Morgan fingerprint density at radius 1 is 1.13 bits per heavy atom. The molecule has 174 valence electrons. The maximum Gasteiger partial charge on any atom is 0.412 e. The zero-order valence-electron chi connectivity index (χ0n) is 20.0. The molecule has 1 aliphatic heterocycles. The maximum absolute atomic E-state index is 13.1. The molecule has 1 aromatic carbocycles. The number of likely N-dealkylation sites (N-methyl/N-ethyl adjacent to an activating group) is 1. The highest BCUT2D eigenvalue weighted by Gasteiger charge is 2.51. The molecule has 7 heteroatoms. The van der Waals surface area contributed by atoms with Crippen LogP contribution in [0.2, 0.25) is 0 Å². The van der Waals surface area contributed by atoms with Crippen molar-refractivity contribution >= 4 is 12.1 Å². The quantitative estimate of drug-likeness (QED) is 0.546. The van der Waals surface area contributed by atoms with Crippen LogP contribution in [0, 0.1) is 5.92 Å². The summed E-state index contributed by atoms with van der Waals surface area (Å²) in [5.41, 5.74) is 0.0875. The third-order valence-electron chi connectivity index (χ3n) is 5.53. The van der Waals surface area contributed by atoms with Crippen molar-refractivity contribution in [2.24, 2.45) is 5.92 Å². The number of rotatable bonds is 9. The predicted molar refractivity (Wildman–Crippen MR) is 119 cm³/mol. The van der Waals surface area contributed by atoms with E-state index >= 15 is 0 Å². The van der Waals surface area contributed by atoms with E-state index in [1.165, 1.54) is 0 Å². The third kappa shape index (κ3) is 6.68. The van der Waals surface area contributed by atoms with Gasteiger partial charge < -0.3 is 14.2 Å². The highest BCUT2D eigenvalue weighted by molar-refractivity contribution is 5.76. The van der Waals surface area contributed by atoms with Gasteiger partial charge in [0.1, 0.15) is 18.4 Å². The summed E-state index contributed by atoms with van der Waals surface area (Å²) in [6, 6.07) is 8.96. The van der Waals surface area contributed by atoms with Gasteiger partial charge in [0.25, 0.3) is 0 Å². The van der Waals surface area contributed by atoms with Crippen molar-refractivity contribution in [3.05, 3.63) is 35.9 Å². The lowest BCUT2D eigenvalue weighted by molar-refractivity contribution is -0.150. The lowest BCUT2D eigenvalue weighted by atomic mass is 9.94. The highest BCUT2D eigenvalue weighted by Crippen LogP contribution is 2.38. The molecule has 0 spiro atoms. The number of hydrogen-bond donors (Lipinski definition) is 0. The van der Waals surface area contributed by atoms with Crippen LogP contribution in [0.4, 0.5) is 4.79 Å². The maximum atomic E-state index is 13.1. The molecule has 1 saturated heterocycles. The number of benzene rings is 1. The van der Waals surface area contributed by atoms with Crippen LogP contribution in [0.3, 0.4) is 0 Å². The first-order valence-corrected chi connectivity index (χ1v) is 11.1. The lowest BCUT2D eigenvalue weighted by Gasteiger charge is -2.33. The molecule has 0 saturated carbocycles. The average Bonchev–Trinajstić information content (AvgIpc) is 2.93. The smallest absolute Gasteiger partial charge is 0.412 e. The molecule has 31 heavy (non-hydrogen) atoms. The topological polar surface area (TPSA) is 68.3 Å². The van der Waals surface area contributed by atoms with Gasteiger partial charge in [-0.3, -0.25) is 14.6 Å². The molecule has 0 aliphatic carbocycles. The monoisotopic (exact) mass is 434 g/mol. The fourth-order valence-corrected chi connectivity index (χ4v) is 4.14. The fraction of sp³-hybridized carbons (Fsp3) is 0.667. The second-order valence-corrected chi connectivity index (χ2v) is 9.18. The Morgan fingerprint density at radius 3 is 2.32 bits per heavy atom. The number of esters is 1. The molecular formula is C24H38N2O5. The van der Waals surface area contributed by atoms with Crippen molar-refractivity contribution in [2.45, 2.75) is 78.0 Å². The van der Waals surface area contributed by atoms with E-state index in [9.17, 15) is 9.59 Å². The van der Waals surface area contributed by atoms with Crippen LogP contribution in [0.15, 0.2) is 30.3 Å². The van der Waals surface area contributed by atoms with Crippen LogP contribution in [0.5, 0.6) is 0 Å². The Hall–Kier alpha value is -2.12. The Morgan fingerprint density at radius 2 is 1.77 bits per heavy atom. The molecule has 2 rings (SSSR count). The standard InChI is InChI=1S/C24H38N2O5/c1-8-29-22(27)20(25(6)7)15-21-19(14-17(2)3)26(24(4,5)31-21)23(28)30-16-18-12-10-9-11-13-18/h9-13,17,19-21H,8,14-16H2,1-7H3/t19-,20?,21-/m0/s1. The van der Waals surface area contributed by atoms with Crippen LogP contribution in [-0.4, -0.2) is 66.5 Å². The first-order valence-electron chi connectivity index (χ1n) is 11.1. The predicted octanol–water partition coefficient (Wildman–Crippen LogP) is 4.06. The zero-order chi connectivity index (χ0) is 23.2. The molecule has 1 aromatic rings. The van der Waals surface area contributed by atoms with Crippen LogP contribution in [0.25, 0.3) is 0 Å². The van der Waals surface area contributed by atoms with Crippen molar-refractivity contribution < 1.29 is 23.8 Å². The van der Waals surface area contributed by atoms with Gasteiger partial charge in [0.15, 0.2) is 0 Å². The molecule has 1 aliphatic rings. The fourth-order valence-electron chi connectivity index (χ4n) is 4.14. The average molecular weight is 435 g/mol. The zero-order valence-corrected chi connectivity index (χ0v) is 20.0. The molecule has 0 aromatic heterocycles. The highest BCUT2D eigenvalue weighted by atomic mass is 16.6. The summed E-state index contributed by atoms with van der Waals surface area (Å²) in [6.07, 6.45) is 0.477. The number of ether oxygens (including phenoxy) is 3. The molecule has 3 atom stereocenters. The summed E-state index contributed by atoms with van der Waals surface area (Å²) >= 11 is 0. The number of nitrogens with zero attached hydrogens (tertiary/aromatic N) is 2. The summed E-state index contributed by atoms with van der Waals surface area (Å²) < 4.78 is 17.3. The second-order valence-electron chi connectivity index (χ2n) is 9.18. The van der Waals surface area contributed by atoms with Crippen molar-refractivity contribution in [2.75, 3.05) is 20.7 Å². The van der Waals surface area contributed by atoms with Crippen LogP contribution < -0.4 is 0 Å². The van der Waals surface area contributed by atoms with Crippen molar-refractivity contribution in [3.63, 3.8) is 0 Å². The van der Waals surface area contributed by atoms with E-state index in [4.69, 9.17) is 14.2 Å². The Kier molecular flexibility index (Phi) is 8.89. The van der Waals surface area contributed by atoms with Crippen molar-refractivity contribution in [1.29, 1.82) is 0 Å². The van der Waals surface area contributed by atoms with E-state index < -0.39 is 17.9 Å². The molecule has 1 fully saturated rings. The number of carbonyl (C=O) groups is 2. The summed E-state index contributed by atoms with van der Waals surface area (Å²) in [6.45, 7) is 10.3. The van der Waals surface area contributed by atoms with E-state index in [2.05, 4.69) is 13.8 Å². The Bertz CT molecular complexity index is 720. The lowest BCUT2D eigenvalue weighted by Crippen LogP contribution is -2.49. The molecule has 1 heterocycles. The summed E-state index contributed by atoms with van der Waals surface area (Å²) in [5.74, 6) is 0.0668. The van der Waals surface area contributed by atoms with Crippen molar-refractivity contribution in [3.8, 4) is 0 Å². The molecule has 0 radical (unpaired) electrons. The van der Waals surface area contributed by atoms with Gasteiger partial charge in [0.2, 0.25) is 0 Å². The Labute approximate surface area is 186 Å². The van der Waals surface area contributed by atoms with E-state index in [1.54, 1.807) is 11.8 Å². The molecule has 0 N–H and O–H groups in total. The first-order chi connectivity index (χ1) is 14.6. The number of hydrogen-bond acceptors (Lipinski definition) is 6. The molecule has 1 amide bonds. The molecule has 7 nitrogen and oxygen atoms in total.